The Kier molecular flexibility index (Phi) is 5.68. The van der Waals surface area contributed by atoms with Crippen molar-refractivity contribution in [1.29, 1.82) is 0 Å². The Bertz CT molecular complexity index is 1080. The number of anilines is 1. The number of nitrogens with two attached hydrogens (primary N) is 2. The Morgan fingerprint density at radius 3 is 2.36 bits per heavy atom. The lowest BCUT2D eigenvalue weighted by atomic mass is 10.2. The molecule has 0 fully saturated rings. The van der Waals surface area contributed by atoms with Crippen molar-refractivity contribution >= 4 is 33.4 Å². The number of rotatable bonds is 6. The molecule has 0 aliphatic carbocycles. The van der Waals surface area contributed by atoms with Crippen LogP contribution >= 0.6 is 11.8 Å². The van der Waals surface area contributed by atoms with Gasteiger partial charge < -0.3 is 11.2 Å². The Labute approximate surface area is 166 Å². The second-order valence-electron chi connectivity index (χ2n) is 5.86. The summed E-state index contributed by atoms with van der Waals surface area (Å²) in [6.07, 6.45) is 0. The van der Waals surface area contributed by atoms with Gasteiger partial charge in [0.1, 0.15) is 0 Å². The smallest absolute Gasteiger partial charge is 0.238 e. The molecule has 1 amide bonds. The van der Waals surface area contributed by atoms with Crippen molar-refractivity contribution < 1.29 is 13.2 Å². The maximum atomic E-state index is 12.4. The SMILES string of the molecule is C[C@@H](Sc1nnc(-c2ccccc2)n1N)C(=O)Nc1ccc(S(N)(=O)=O)cc1. The van der Waals surface area contributed by atoms with E-state index in [0.29, 0.717) is 16.7 Å². The van der Waals surface area contributed by atoms with Gasteiger partial charge in [-0.2, -0.15) is 0 Å². The molecule has 0 saturated carbocycles. The number of hydrogen-bond donors (Lipinski definition) is 3. The summed E-state index contributed by atoms with van der Waals surface area (Å²) in [4.78, 5) is 12.4. The van der Waals surface area contributed by atoms with E-state index in [-0.39, 0.29) is 10.8 Å². The van der Waals surface area contributed by atoms with E-state index in [0.717, 1.165) is 17.3 Å². The van der Waals surface area contributed by atoms with Crippen LogP contribution in [0.4, 0.5) is 5.69 Å². The zero-order chi connectivity index (χ0) is 20.3. The van der Waals surface area contributed by atoms with Crippen LogP contribution in [0.15, 0.2) is 64.6 Å². The average Bonchev–Trinajstić information content (AvgIpc) is 3.02. The van der Waals surface area contributed by atoms with Crippen LogP contribution in [0.5, 0.6) is 0 Å². The van der Waals surface area contributed by atoms with Gasteiger partial charge in [-0.25, -0.2) is 18.2 Å². The first-order valence-electron chi connectivity index (χ1n) is 8.12. The normalized spacial score (nSPS) is 12.5. The summed E-state index contributed by atoms with van der Waals surface area (Å²) >= 11 is 1.16. The maximum Gasteiger partial charge on any atom is 0.238 e. The monoisotopic (exact) mass is 418 g/mol. The predicted octanol–water partition coefficient (Wildman–Crippen LogP) is 1.43. The van der Waals surface area contributed by atoms with Gasteiger partial charge in [0.2, 0.25) is 21.1 Å². The number of benzene rings is 2. The van der Waals surface area contributed by atoms with Crippen molar-refractivity contribution in [2.24, 2.45) is 5.14 Å². The Hall–Kier alpha value is -2.89. The summed E-state index contributed by atoms with van der Waals surface area (Å²) in [7, 11) is -3.78. The summed E-state index contributed by atoms with van der Waals surface area (Å²) in [6, 6.07) is 14.9. The van der Waals surface area contributed by atoms with Crippen LogP contribution in [0.3, 0.4) is 0 Å². The van der Waals surface area contributed by atoms with Crippen LogP contribution < -0.4 is 16.3 Å². The first-order chi connectivity index (χ1) is 13.3. The predicted molar refractivity (Wildman–Crippen MR) is 107 cm³/mol. The third-order valence-electron chi connectivity index (χ3n) is 3.80. The fourth-order valence-electron chi connectivity index (χ4n) is 2.32. The number of thioether (sulfide) groups is 1. The van der Waals surface area contributed by atoms with Gasteiger partial charge in [-0.05, 0) is 31.2 Å². The number of carbonyl (C=O) groups excluding carboxylic acids is 1. The first-order valence-corrected chi connectivity index (χ1v) is 10.5. The van der Waals surface area contributed by atoms with E-state index in [1.54, 1.807) is 6.92 Å². The van der Waals surface area contributed by atoms with E-state index >= 15 is 0 Å². The molecular weight excluding hydrogens is 400 g/mol. The number of aromatic nitrogens is 3. The van der Waals surface area contributed by atoms with Crippen LogP contribution in [0, 0.1) is 0 Å². The highest BCUT2D eigenvalue weighted by Gasteiger charge is 2.20. The molecule has 1 heterocycles. The summed E-state index contributed by atoms with van der Waals surface area (Å²) in [6.45, 7) is 1.70. The lowest BCUT2D eigenvalue weighted by Crippen LogP contribution is -2.23. The Balaban J connectivity index is 1.67. The molecule has 0 bridgehead atoms. The summed E-state index contributed by atoms with van der Waals surface area (Å²) in [5, 5.41) is 15.8. The van der Waals surface area contributed by atoms with Crippen molar-refractivity contribution in [3.63, 3.8) is 0 Å². The highest BCUT2D eigenvalue weighted by molar-refractivity contribution is 8.00. The number of nitrogens with one attached hydrogen (secondary N) is 1. The van der Waals surface area contributed by atoms with Crippen LogP contribution in [-0.4, -0.2) is 34.4 Å². The van der Waals surface area contributed by atoms with Crippen molar-refractivity contribution in [2.75, 3.05) is 11.2 Å². The minimum atomic E-state index is -3.78. The van der Waals surface area contributed by atoms with E-state index in [1.165, 1.54) is 28.9 Å². The molecule has 0 radical (unpaired) electrons. The van der Waals surface area contributed by atoms with E-state index in [9.17, 15) is 13.2 Å². The number of carbonyl (C=O) groups is 1. The molecule has 0 saturated heterocycles. The number of hydrogen-bond acceptors (Lipinski definition) is 7. The van der Waals surface area contributed by atoms with Crippen molar-refractivity contribution in [2.45, 2.75) is 22.2 Å². The fourth-order valence-corrected chi connectivity index (χ4v) is 3.61. The molecule has 11 heteroatoms. The van der Waals surface area contributed by atoms with Crippen molar-refractivity contribution in [3.8, 4) is 11.4 Å². The average molecular weight is 419 g/mol. The minimum Gasteiger partial charge on any atom is -0.335 e. The van der Waals surface area contributed by atoms with Crippen LogP contribution in [-0.2, 0) is 14.8 Å². The van der Waals surface area contributed by atoms with Crippen LogP contribution in [0.1, 0.15) is 6.92 Å². The number of sulfonamides is 1. The van der Waals surface area contributed by atoms with Gasteiger partial charge in [0.15, 0.2) is 5.82 Å². The molecule has 0 spiro atoms. The summed E-state index contributed by atoms with van der Waals surface area (Å²) in [5.74, 6) is 6.26. The number of primary sulfonamides is 1. The molecule has 5 N–H and O–H groups in total. The third kappa shape index (κ3) is 4.50. The third-order valence-corrected chi connectivity index (χ3v) is 5.78. The fraction of sp³-hybridized carbons (Fsp3) is 0.118. The molecule has 0 aliphatic heterocycles. The lowest BCUT2D eigenvalue weighted by Gasteiger charge is -2.12. The maximum absolute atomic E-state index is 12.4. The lowest BCUT2D eigenvalue weighted by molar-refractivity contribution is -0.115. The second kappa shape index (κ2) is 8.00. The van der Waals surface area contributed by atoms with Gasteiger partial charge in [-0.3, -0.25) is 4.79 Å². The first kappa shape index (κ1) is 19.9. The van der Waals surface area contributed by atoms with Gasteiger partial charge >= 0.3 is 0 Å². The quantitative estimate of drug-likeness (QED) is 0.405. The van der Waals surface area contributed by atoms with Gasteiger partial charge in [0.25, 0.3) is 0 Å². The largest absolute Gasteiger partial charge is 0.335 e. The molecule has 3 aromatic rings. The van der Waals surface area contributed by atoms with E-state index in [1.807, 2.05) is 30.3 Å². The molecule has 0 aliphatic rings. The second-order valence-corrected chi connectivity index (χ2v) is 8.73. The van der Waals surface area contributed by atoms with Gasteiger partial charge in [-0.15, -0.1) is 10.2 Å². The Morgan fingerprint density at radius 2 is 1.75 bits per heavy atom. The summed E-state index contributed by atoms with van der Waals surface area (Å²) in [5.41, 5.74) is 1.26. The summed E-state index contributed by atoms with van der Waals surface area (Å²) < 4.78 is 23.9. The molecule has 146 valence electrons. The molecular formula is C17H18N6O3S2. The van der Waals surface area contributed by atoms with Crippen LogP contribution in [0.25, 0.3) is 11.4 Å². The highest BCUT2D eigenvalue weighted by Crippen LogP contribution is 2.25. The van der Waals surface area contributed by atoms with Gasteiger partial charge in [0, 0.05) is 11.3 Å². The molecule has 2 aromatic carbocycles. The Morgan fingerprint density at radius 1 is 1.11 bits per heavy atom. The number of nitrogens with zero attached hydrogens (tertiary/aromatic N) is 3. The van der Waals surface area contributed by atoms with E-state index < -0.39 is 15.3 Å². The van der Waals surface area contributed by atoms with Crippen molar-refractivity contribution in [3.05, 3.63) is 54.6 Å². The zero-order valence-corrected chi connectivity index (χ0v) is 16.4. The van der Waals surface area contributed by atoms with E-state index in [2.05, 4.69) is 15.5 Å². The topological polar surface area (TPSA) is 146 Å². The zero-order valence-electron chi connectivity index (χ0n) is 14.8. The van der Waals surface area contributed by atoms with Gasteiger partial charge in [-0.1, -0.05) is 42.1 Å². The molecule has 9 nitrogen and oxygen atoms in total. The molecule has 3 rings (SSSR count). The molecule has 28 heavy (non-hydrogen) atoms. The van der Waals surface area contributed by atoms with Crippen LogP contribution in [0.2, 0.25) is 0 Å². The molecule has 1 aromatic heterocycles. The molecule has 1 atom stereocenters. The van der Waals surface area contributed by atoms with E-state index in [4.69, 9.17) is 11.0 Å². The minimum absolute atomic E-state index is 0.0300. The number of nitrogen functional groups attached to an aromatic ring is 1. The van der Waals surface area contributed by atoms with Gasteiger partial charge in [0.05, 0.1) is 10.1 Å². The number of amides is 1. The highest BCUT2D eigenvalue weighted by atomic mass is 32.2. The standard InChI is InChI=1S/C17H18N6O3S2/c1-11(16(24)20-13-7-9-14(10-8-13)28(19,25)26)27-17-22-21-15(23(17)18)12-5-3-2-4-6-12/h2-11H,18H2,1H3,(H,20,24)(H2,19,25,26)/t11-/m1/s1. The van der Waals surface area contributed by atoms with Crippen molar-refractivity contribution in [1.82, 2.24) is 14.9 Å². The molecule has 0 unspecified atom stereocenters.